The predicted molar refractivity (Wildman–Crippen MR) is 53.5 cm³/mol. The number of nitrogens with two attached hydrogens (primary N) is 1. The molecule has 0 aliphatic rings. The summed E-state index contributed by atoms with van der Waals surface area (Å²) in [4.78, 5) is 10.9. The fourth-order valence-corrected chi connectivity index (χ4v) is 1.12. The lowest BCUT2D eigenvalue weighted by Crippen LogP contribution is -2.30. The first-order valence-corrected chi connectivity index (χ1v) is 4.41. The smallest absolute Gasteiger partial charge is 0.146 e. The highest BCUT2D eigenvalue weighted by molar-refractivity contribution is 5.81. The Bertz CT molecular complexity index is 289. The minimum absolute atomic E-state index is 0.0422. The van der Waals surface area contributed by atoms with Crippen molar-refractivity contribution in [2.45, 2.75) is 26.3 Å². The van der Waals surface area contributed by atoms with Crippen LogP contribution >= 0.6 is 0 Å². The maximum atomic E-state index is 10.9. The average Bonchev–Trinajstić information content (AvgIpc) is 2.08. The van der Waals surface area contributed by atoms with Crippen LogP contribution in [0, 0.1) is 6.92 Å². The van der Waals surface area contributed by atoms with Gasteiger partial charge in [0.05, 0.1) is 6.04 Å². The lowest BCUT2D eigenvalue weighted by molar-refractivity contribution is -0.118. The van der Waals surface area contributed by atoms with Gasteiger partial charge in [-0.1, -0.05) is 29.8 Å². The summed E-state index contributed by atoms with van der Waals surface area (Å²) in [5, 5.41) is 0. The SMILES string of the molecule is CC(=O)[C@@H](N)Cc1ccc(C)cc1. The van der Waals surface area contributed by atoms with Gasteiger partial charge in [-0.3, -0.25) is 4.79 Å². The Morgan fingerprint density at radius 1 is 1.38 bits per heavy atom. The van der Waals surface area contributed by atoms with Gasteiger partial charge in [0.15, 0.2) is 0 Å². The first-order chi connectivity index (χ1) is 6.09. The van der Waals surface area contributed by atoms with Gasteiger partial charge < -0.3 is 5.73 Å². The Kier molecular flexibility index (Phi) is 3.20. The molecule has 70 valence electrons. The van der Waals surface area contributed by atoms with E-state index in [4.69, 9.17) is 5.73 Å². The van der Waals surface area contributed by atoms with Crippen LogP contribution in [0.15, 0.2) is 24.3 Å². The van der Waals surface area contributed by atoms with E-state index in [9.17, 15) is 4.79 Å². The van der Waals surface area contributed by atoms with Crippen molar-refractivity contribution in [2.75, 3.05) is 0 Å². The summed E-state index contributed by atoms with van der Waals surface area (Å²) in [5.41, 5.74) is 7.98. The molecule has 0 heterocycles. The predicted octanol–water partition coefficient (Wildman–Crippen LogP) is 1.45. The normalized spacial score (nSPS) is 12.5. The van der Waals surface area contributed by atoms with Crippen LogP contribution in [0.3, 0.4) is 0 Å². The second-order valence-corrected chi connectivity index (χ2v) is 3.41. The van der Waals surface area contributed by atoms with Crippen LogP contribution in [-0.4, -0.2) is 11.8 Å². The maximum absolute atomic E-state index is 10.9. The first-order valence-electron chi connectivity index (χ1n) is 4.41. The van der Waals surface area contributed by atoms with Crippen molar-refractivity contribution < 1.29 is 4.79 Å². The molecular weight excluding hydrogens is 162 g/mol. The molecule has 0 bridgehead atoms. The van der Waals surface area contributed by atoms with Crippen molar-refractivity contribution in [3.8, 4) is 0 Å². The third kappa shape index (κ3) is 2.99. The number of Topliss-reactive ketones (excluding diaryl/α,β-unsaturated/α-hetero) is 1. The Morgan fingerprint density at radius 2 is 1.92 bits per heavy atom. The van der Waals surface area contributed by atoms with Gasteiger partial charge >= 0.3 is 0 Å². The molecular formula is C11H15NO. The second kappa shape index (κ2) is 4.19. The summed E-state index contributed by atoms with van der Waals surface area (Å²) >= 11 is 0. The summed E-state index contributed by atoms with van der Waals surface area (Å²) in [6, 6.07) is 7.73. The second-order valence-electron chi connectivity index (χ2n) is 3.41. The maximum Gasteiger partial charge on any atom is 0.146 e. The zero-order valence-electron chi connectivity index (χ0n) is 8.08. The lowest BCUT2D eigenvalue weighted by atomic mass is 10.0. The average molecular weight is 177 g/mol. The Morgan fingerprint density at radius 3 is 2.38 bits per heavy atom. The van der Waals surface area contributed by atoms with Crippen LogP contribution in [0.5, 0.6) is 0 Å². The van der Waals surface area contributed by atoms with E-state index in [0.29, 0.717) is 6.42 Å². The largest absolute Gasteiger partial charge is 0.321 e. The van der Waals surface area contributed by atoms with Crippen molar-refractivity contribution in [3.63, 3.8) is 0 Å². The van der Waals surface area contributed by atoms with Gasteiger partial charge in [0.25, 0.3) is 0 Å². The zero-order chi connectivity index (χ0) is 9.84. The lowest BCUT2D eigenvalue weighted by Gasteiger charge is -2.07. The van der Waals surface area contributed by atoms with E-state index in [1.165, 1.54) is 12.5 Å². The van der Waals surface area contributed by atoms with Gasteiger partial charge in [-0.2, -0.15) is 0 Å². The molecule has 13 heavy (non-hydrogen) atoms. The van der Waals surface area contributed by atoms with E-state index >= 15 is 0 Å². The number of hydrogen-bond acceptors (Lipinski definition) is 2. The van der Waals surface area contributed by atoms with E-state index in [0.717, 1.165) is 5.56 Å². The van der Waals surface area contributed by atoms with Gasteiger partial charge in [-0.25, -0.2) is 0 Å². The summed E-state index contributed by atoms with van der Waals surface area (Å²) < 4.78 is 0. The van der Waals surface area contributed by atoms with Crippen molar-refractivity contribution in [1.82, 2.24) is 0 Å². The summed E-state index contributed by atoms with van der Waals surface area (Å²) in [5.74, 6) is 0.0422. The summed E-state index contributed by atoms with van der Waals surface area (Å²) in [7, 11) is 0. The number of benzene rings is 1. The summed E-state index contributed by atoms with van der Waals surface area (Å²) in [6.45, 7) is 3.56. The zero-order valence-corrected chi connectivity index (χ0v) is 8.08. The number of hydrogen-bond donors (Lipinski definition) is 1. The minimum Gasteiger partial charge on any atom is -0.321 e. The molecule has 1 atom stereocenters. The Labute approximate surface area is 78.8 Å². The van der Waals surface area contributed by atoms with Gasteiger partial charge in [0.2, 0.25) is 0 Å². The first kappa shape index (κ1) is 9.93. The van der Waals surface area contributed by atoms with E-state index in [1.54, 1.807) is 0 Å². The number of carbonyl (C=O) groups is 1. The fraction of sp³-hybridized carbons (Fsp3) is 0.364. The Hall–Kier alpha value is -1.15. The van der Waals surface area contributed by atoms with Crippen molar-refractivity contribution in [2.24, 2.45) is 5.73 Å². The molecule has 2 N–H and O–H groups in total. The standard InChI is InChI=1S/C11H15NO/c1-8-3-5-10(6-4-8)7-11(12)9(2)13/h3-6,11H,7,12H2,1-2H3/t11-/m0/s1. The molecule has 0 aliphatic carbocycles. The van der Waals surface area contributed by atoms with Crippen LogP contribution < -0.4 is 5.73 Å². The number of rotatable bonds is 3. The molecule has 0 radical (unpaired) electrons. The minimum atomic E-state index is -0.359. The number of aryl methyl sites for hydroxylation is 1. The van der Waals surface area contributed by atoms with Crippen LogP contribution in [0.25, 0.3) is 0 Å². The molecule has 0 aromatic heterocycles. The van der Waals surface area contributed by atoms with Crippen LogP contribution in [0.2, 0.25) is 0 Å². The van der Waals surface area contributed by atoms with E-state index < -0.39 is 0 Å². The van der Waals surface area contributed by atoms with Gasteiger partial charge in [0.1, 0.15) is 5.78 Å². The molecule has 1 aromatic carbocycles. The number of ketones is 1. The highest BCUT2D eigenvalue weighted by Gasteiger charge is 2.07. The molecule has 1 rings (SSSR count). The van der Waals surface area contributed by atoms with Crippen LogP contribution in [0.4, 0.5) is 0 Å². The van der Waals surface area contributed by atoms with E-state index in [-0.39, 0.29) is 11.8 Å². The quantitative estimate of drug-likeness (QED) is 0.759. The van der Waals surface area contributed by atoms with Crippen molar-refractivity contribution in [3.05, 3.63) is 35.4 Å². The van der Waals surface area contributed by atoms with Crippen molar-refractivity contribution in [1.29, 1.82) is 0 Å². The van der Waals surface area contributed by atoms with Crippen molar-refractivity contribution >= 4 is 5.78 Å². The van der Waals surface area contributed by atoms with Gasteiger partial charge in [-0.05, 0) is 25.8 Å². The third-order valence-corrected chi connectivity index (χ3v) is 2.10. The molecule has 0 saturated carbocycles. The summed E-state index contributed by atoms with van der Waals surface area (Å²) in [6.07, 6.45) is 0.635. The van der Waals surface area contributed by atoms with E-state index in [2.05, 4.69) is 0 Å². The molecule has 0 aliphatic heterocycles. The fourth-order valence-electron chi connectivity index (χ4n) is 1.12. The molecule has 0 fully saturated rings. The van der Waals surface area contributed by atoms with Crippen LogP contribution in [-0.2, 0) is 11.2 Å². The highest BCUT2D eigenvalue weighted by atomic mass is 16.1. The van der Waals surface area contributed by atoms with Gasteiger partial charge in [-0.15, -0.1) is 0 Å². The van der Waals surface area contributed by atoms with Crippen LogP contribution in [0.1, 0.15) is 18.1 Å². The topological polar surface area (TPSA) is 43.1 Å². The highest BCUT2D eigenvalue weighted by Crippen LogP contribution is 2.05. The number of carbonyl (C=O) groups excluding carboxylic acids is 1. The van der Waals surface area contributed by atoms with E-state index in [1.807, 2.05) is 31.2 Å². The van der Waals surface area contributed by atoms with Gasteiger partial charge in [0, 0.05) is 0 Å². The molecule has 2 nitrogen and oxygen atoms in total. The molecule has 0 spiro atoms. The third-order valence-electron chi connectivity index (χ3n) is 2.10. The molecule has 2 heteroatoms. The molecule has 0 saturated heterocycles. The molecule has 1 aromatic rings. The Balaban J connectivity index is 2.64. The molecule has 0 unspecified atom stereocenters. The molecule has 0 amide bonds. The monoisotopic (exact) mass is 177 g/mol.